The summed E-state index contributed by atoms with van der Waals surface area (Å²) in [7, 11) is 0. The van der Waals surface area contributed by atoms with Crippen molar-refractivity contribution in [1.82, 2.24) is 5.32 Å². The van der Waals surface area contributed by atoms with Gasteiger partial charge in [0, 0.05) is 12.6 Å². The van der Waals surface area contributed by atoms with Crippen LogP contribution in [0.4, 0.5) is 0 Å². The monoisotopic (exact) mass is 155 g/mol. The number of hydrogen-bond acceptors (Lipinski definition) is 2. The van der Waals surface area contributed by atoms with E-state index in [-0.39, 0.29) is 0 Å². The van der Waals surface area contributed by atoms with E-state index in [0.717, 1.165) is 19.8 Å². The van der Waals surface area contributed by atoms with Crippen molar-refractivity contribution >= 4 is 0 Å². The minimum absolute atomic E-state index is 0.625. The van der Waals surface area contributed by atoms with Gasteiger partial charge in [0.25, 0.3) is 0 Å². The smallest absolute Gasteiger partial charge is 0.0625 e. The van der Waals surface area contributed by atoms with Gasteiger partial charge in [-0.3, -0.25) is 0 Å². The molecule has 1 aliphatic heterocycles. The number of nitrogens with one attached hydrogen (secondary N) is 1. The third kappa shape index (κ3) is 1.30. The fourth-order valence-electron chi connectivity index (χ4n) is 2.07. The first-order valence-electron chi connectivity index (χ1n) is 4.68. The molecule has 2 nitrogen and oxygen atoms in total. The molecule has 2 aliphatic rings. The molecule has 0 bridgehead atoms. The van der Waals surface area contributed by atoms with Gasteiger partial charge in [-0.1, -0.05) is 6.92 Å². The highest BCUT2D eigenvalue weighted by molar-refractivity contribution is 5.01. The predicted octanol–water partition coefficient (Wildman–Crippen LogP) is 1.16. The van der Waals surface area contributed by atoms with Crippen LogP contribution < -0.4 is 5.32 Å². The molecule has 1 unspecified atom stereocenters. The Morgan fingerprint density at radius 2 is 2.36 bits per heavy atom. The molecule has 2 heteroatoms. The van der Waals surface area contributed by atoms with E-state index in [0.29, 0.717) is 11.5 Å². The first-order chi connectivity index (χ1) is 5.37. The Morgan fingerprint density at radius 3 is 2.82 bits per heavy atom. The summed E-state index contributed by atoms with van der Waals surface area (Å²) >= 11 is 0. The zero-order valence-corrected chi connectivity index (χ0v) is 7.23. The van der Waals surface area contributed by atoms with E-state index in [1.54, 1.807) is 0 Å². The summed E-state index contributed by atoms with van der Waals surface area (Å²) in [5, 5.41) is 3.55. The predicted molar refractivity (Wildman–Crippen MR) is 44.6 cm³/mol. The van der Waals surface area contributed by atoms with E-state index in [1.165, 1.54) is 19.3 Å². The Hall–Kier alpha value is -0.0800. The Balaban J connectivity index is 1.92. The maximum Gasteiger partial charge on any atom is 0.0625 e. The molecule has 2 fully saturated rings. The van der Waals surface area contributed by atoms with Gasteiger partial charge in [-0.2, -0.15) is 0 Å². The van der Waals surface area contributed by atoms with Crippen LogP contribution in [0.3, 0.4) is 0 Å². The van der Waals surface area contributed by atoms with Gasteiger partial charge >= 0.3 is 0 Å². The fourth-order valence-corrected chi connectivity index (χ4v) is 2.07. The quantitative estimate of drug-likeness (QED) is 0.646. The molecule has 0 radical (unpaired) electrons. The highest BCUT2D eigenvalue weighted by Gasteiger charge is 2.47. The summed E-state index contributed by atoms with van der Waals surface area (Å²) in [5.74, 6) is 0. The zero-order valence-electron chi connectivity index (χ0n) is 7.23. The number of morpholine rings is 1. The largest absolute Gasteiger partial charge is 0.378 e. The van der Waals surface area contributed by atoms with Crippen LogP contribution in [0.1, 0.15) is 26.2 Å². The molecule has 1 saturated heterocycles. The highest BCUT2D eigenvalue weighted by Crippen LogP contribution is 2.51. The average Bonchev–Trinajstić information content (AvgIpc) is 2.86. The minimum atomic E-state index is 0.625. The summed E-state index contributed by atoms with van der Waals surface area (Å²) in [6, 6.07) is 0.654. The Bertz CT molecular complexity index is 136. The van der Waals surface area contributed by atoms with Crippen molar-refractivity contribution in [2.75, 3.05) is 19.8 Å². The van der Waals surface area contributed by atoms with Crippen LogP contribution in [0, 0.1) is 5.41 Å². The normalized spacial score (nSPS) is 35.2. The summed E-state index contributed by atoms with van der Waals surface area (Å²) in [6.07, 6.45) is 4.13. The molecule has 0 spiro atoms. The molecule has 1 saturated carbocycles. The lowest BCUT2D eigenvalue weighted by Crippen LogP contribution is -2.46. The minimum Gasteiger partial charge on any atom is -0.378 e. The van der Waals surface area contributed by atoms with E-state index < -0.39 is 0 Å². The van der Waals surface area contributed by atoms with Crippen molar-refractivity contribution in [2.24, 2.45) is 5.41 Å². The maximum atomic E-state index is 5.45. The summed E-state index contributed by atoms with van der Waals surface area (Å²) < 4.78 is 5.45. The van der Waals surface area contributed by atoms with Crippen LogP contribution in [0.15, 0.2) is 0 Å². The fraction of sp³-hybridized carbons (Fsp3) is 1.00. The first kappa shape index (κ1) is 7.56. The standard InChI is InChI=1S/C9H17NO/c1-2-9(3-4-9)8-7-11-6-5-10-8/h8,10H,2-7H2,1H3. The highest BCUT2D eigenvalue weighted by atomic mass is 16.5. The molecule has 64 valence electrons. The summed E-state index contributed by atoms with van der Waals surface area (Å²) in [5.41, 5.74) is 0.625. The van der Waals surface area contributed by atoms with E-state index >= 15 is 0 Å². The van der Waals surface area contributed by atoms with Gasteiger partial charge in [0.15, 0.2) is 0 Å². The van der Waals surface area contributed by atoms with Gasteiger partial charge in [0.1, 0.15) is 0 Å². The van der Waals surface area contributed by atoms with E-state index in [9.17, 15) is 0 Å². The second kappa shape index (κ2) is 2.76. The van der Waals surface area contributed by atoms with Gasteiger partial charge in [-0.15, -0.1) is 0 Å². The molecule has 0 aromatic rings. The van der Waals surface area contributed by atoms with Crippen molar-refractivity contribution in [3.8, 4) is 0 Å². The maximum absolute atomic E-state index is 5.45. The third-order valence-corrected chi connectivity index (χ3v) is 3.26. The number of ether oxygens (including phenoxy) is 1. The van der Waals surface area contributed by atoms with Crippen molar-refractivity contribution < 1.29 is 4.74 Å². The SMILES string of the molecule is CCC1(C2COCCN2)CC1. The lowest BCUT2D eigenvalue weighted by molar-refractivity contribution is 0.0499. The number of rotatable bonds is 2. The summed E-state index contributed by atoms with van der Waals surface area (Å²) in [6.45, 7) is 5.18. The number of hydrogen-bond donors (Lipinski definition) is 1. The molecule has 11 heavy (non-hydrogen) atoms. The molecule has 1 heterocycles. The summed E-state index contributed by atoms with van der Waals surface area (Å²) in [4.78, 5) is 0. The molecule has 2 rings (SSSR count). The van der Waals surface area contributed by atoms with Crippen LogP contribution in [-0.4, -0.2) is 25.8 Å². The Kier molecular flexibility index (Phi) is 1.90. The molecule has 1 N–H and O–H groups in total. The lowest BCUT2D eigenvalue weighted by atomic mass is 9.93. The molecule has 1 aliphatic carbocycles. The first-order valence-corrected chi connectivity index (χ1v) is 4.68. The zero-order chi connectivity index (χ0) is 7.73. The second-order valence-corrected chi connectivity index (χ2v) is 3.80. The van der Waals surface area contributed by atoms with Crippen molar-refractivity contribution in [2.45, 2.75) is 32.2 Å². The topological polar surface area (TPSA) is 21.3 Å². The van der Waals surface area contributed by atoms with Crippen molar-refractivity contribution in [3.63, 3.8) is 0 Å². The Morgan fingerprint density at radius 1 is 1.55 bits per heavy atom. The van der Waals surface area contributed by atoms with E-state index in [1.807, 2.05) is 0 Å². The van der Waals surface area contributed by atoms with Gasteiger partial charge in [0.05, 0.1) is 13.2 Å². The molecular formula is C9H17NO. The van der Waals surface area contributed by atoms with Crippen molar-refractivity contribution in [3.05, 3.63) is 0 Å². The van der Waals surface area contributed by atoms with Crippen LogP contribution >= 0.6 is 0 Å². The second-order valence-electron chi connectivity index (χ2n) is 3.80. The van der Waals surface area contributed by atoms with Gasteiger partial charge in [-0.05, 0) is 24.7 Å². The molecule has 0 aromatic heterocycles. The van der Waals surface area contributed by atoms with Gasteiger partial charge in [0.2, 0.25) is 0 Å². The van der Waals surface area contributed by atoms with Crippen LogP contribution in [0.2, 0.25) is 0 Å². The molecule has 1 atom stereocenters. The van der Waals surface area contributed by atoms with E-state index in [2.05, 4.69) is 12.2 Å². The molecule has 0 aromatic carbocycles. The van der Waals surface area contributed by atoms with Crippen LogP contribution in [0.25, 0.3) is 0 Å². The van der Waals surface area contributed by atoms with E-state index in [4.69, 9.17) is 4.74 Å². The average molecular weight is 155 g/mol. The van der Waals surface area contributed by atoms with Crippen LogP contribution in [-0.2, 0) is 4.74 Å². The van der Waals surface area contributed by atoms with Crippen LogP contribution in [0.5, 0.6) is 0 Å². The van der Waals surface area contributed by atoms with Gasteiger partial charge in [-0.25, -0.2) is 0 Å². The molecule has 0 amide bonds. The van der Waals surface area contributed by atoms with Crippen molar-refractivity contribution in [1.29, 1.82) is 0 Å². The Labute approximate surface area is 68.3 Å². The molecular weight excluding hydrogens is 138 g/mol. The lowest BCUT2D eigenvalue weighted by Gasteiger charge is -2.30. The third-order valence-electron chi connectivity index (χ3n) is 3.26. The van der Waals surface area contributed by atoms with Gasteiger partial charge < -0.3 is 10.1 Å².